The summed E-state index contributed by atoms with van der Waals surface area (Å²) in [5, 5.41) is 40.2. The molecule has 0 aliphatic heterocycles. The molecule has 0 amide bonds. The summed E-state index contributed by atoms with van der Waals surface area (Å²) in [7, 11) is 0. The second-order valence-electron chi connectivity index (χ2n) is 8.20. The zero-order chi connectivity index (χ0) is 22.4. The number of aliphatic hydroxyl groups excluding tert-OH is 1. The van der Waals surface area contributed by atoms with Crippen molar-refractivity contribution >= 4 is 17.9 Å². The fourth-order valence-corrected chi connectivity index (χ4v) is 3.18. The Hall–Kier alpha value is -1.82. The normalized spacial score (nSPS) is 14.2. The monoisotopic (exact) mass is 424 g/mol. The summed E-state index contributed by atoms with van der Waals surface area (Å²) in [6.07, 6.45) is 6.89. The van der Waals surface area contributed by atoms with Crippen LogP contribution in [0.4, 0.5) is 0 Å². The van der Waals surface area contributed by atoms with E-state index in [0.29, 0.717) is 24.7 Å². The van der Waals surface area contributed by atoms with Crippen molar-refractivity contribution in [3.8, 4) is 11.5 Å². The van der Waals surface area contributed by atoms with Crippen LogP contribution in [0.2, 0.25) is 5.02 Å². The Kier molecular flexibility index (Phi) is 9.40. The van der Waals surface area contributed by atoms with Gasteiger partial charge in [-0.05, 0) is 72.3 Å². The molecular formula is C23H33ClO5. The van der Waals surface area contributed by atoms with Gasteiger partial charge in [-0.15, -0.1) is 0 Å². The maximum atomic E-state index is 11.2. The van der Waals surface area contributed by atoms with Crippen LogP contribution in [0.5, 0.6) is 11.5 Å². The smallest absolute Gasteiger partial charge is 0.154 e. The average Bonchev–Trinajstić information content (AvgIpc) is 2.64. The van der Waals surface area contributed by atoms with Crippen molar-refractivity contribution in [2.24, 2.45) is 0 Å². The SMILES string of the molecule is C/C(=C\Cc1c(O)c(Cl)c(C)c(C=O)c1O)CC/C=C(\C)CCC(O)C(C)(C)O. The molecule has 0 saturated carbocycles. The van der Waals surface area contributed by atoms with Gasteiger partial charge in [-0.1, -0.05) is 34.9 Å². The van der Waals surface area contributed by atoms with E-state index in [1.54, 1.807) is 20.8 Å². The summed E-state index contributed by atoms with van der Waals surface area (Å²) in [6.45, 7) is 8.73. The molecule has 162 valence electrons. The number of aldehydes is 1. The van der Waals surface area contributed by atoms with Crippen LogP contribution in [0.25, 0.3) is 0 Å². The van der Waals surface area contributed by atoms with Crippen molar-refractivity contribution in [3.63, 3.8) is 0 Å². The highest BCUT2D eigenvalue weighted by Gasteiger charge is 2.23. The molecule has 1 aromatic rings. The number of rotatable bonds is 10. The van der Waals surface area contributed by atoms with Gasteiger partial charge in [0.15, 0.2) is 6.29 Å². The molecular weight excluding hydrogens is 392 g/mol. The number of benzene rings is 1. The largest absolute Gasteiger partial charge is 0.507 e. The first-order valence-electron chi connectivity index (χ1n) is 9.79. The van der Waals surface area contributed by atoms with Gasteiger partial charge in [0.1, 0.15) is 11.5 Å². The Balaban J connectivity index is 2.70. The highest BCUT2D eigenvalue weighted by atomic mass is 35.5. The van der Waals surface area contributed by atoms with E-state index in [0.717, 1.165) is 24.0 Å². The summed E-state index contributed by atoms with van der Waals surface area (Å²) in [5.74, 6) is -0.429. The molecule has 0 spiro atoms. The van der Waals surface area contributed by atoms with E-state index >= 15 is 0 Å². The molecule has 0 aliphatic carbocycles. The number of carbonyl (C=O) groups excluding carboxylic acids is 1. The van der Waals surface area contributed by atoms with Gasteiger partial charge >= 0.3 is 0 Å². The number of halogens is 1. The van der Waals surface area contributed by atoms with Crippen LogP contribution in [-0.4, -0.2) is 38.4 Å². The number of allylic oxidation sites excluding steroid dienone is 4. The van der Waals surface area contributed by atoms with Crippen LogP contribution >= 0.6 is 11.6 Å². The zero-order valence-electron chi connectivity index (χ0n) is 17.9. The van der Waals surface area contributed by atoms with Crippen LogP contribution in [0, 0.1) is 6.92 Å². The third kappa shape index (κ3) is 7.18. The minimum atomic E-state index is -1.10. The molecule has 0 radical (unpaired) electrons. The molecule has 0 saturated heterocycles. The van der Waals surface area contributed by atoms with Crippen molar-refractivity contribution in [2.75, 3.05) is 0 Å². The molecule has 29 heavy (non-hydrogen) atoms. The Morgan fingerprint density at radius 3 is 2.24 bits per heavy atom. The molecule has 0 aliphatic rings. The maximum Gasteiger partial charge on any atom is 0.154 e. The van der Waals surface area contributed by atoms with Gasteiger partial charge in [-0.3, -0.25) is 4.79 Å². The van der Waals surface area contributed by atoms with Crippen LogP contribution in [0.3, 0.4) is 0 Å². The molecule has 4 N–H and O–H groups in total. The second kappa shape index (κ2) is 10.8. The Bertz CT molecular complexity index is 788. The fourth-order valence-electron chi connectivity index (χ4n) is 2.96. The zero-order valence-corrected chi connectivity index (χ0v) is 18.7. The summed E-state index contributed by atoms with van der Waals surface area (Å²) < 4.78 is 0. The summed E-state index contributed by atoms with van der Waals surface area (Å²) >= 11 is 6.07. The number of phenols is 2. The average molecular weight is 425 g/mol. The van der Waals surface area contributed by atoms with Crippen LogP contribution in [0.1, 0.15) is 74.9 Å². The van der Waals surface area contributed by atoms with Gasteiger partial charge < -0.3 is 20.4 Å². The lowest BCUT2D eigenvalue weighted by Crippen LogP contribution is -2.35. The minimum Gasteiger partial charge on any atom is -0.507 e. The Morgan fingerprint density at radius 2 is 1.69 bits per heavy atom. The van der Waals surface area contributed by atoms with Gasteiger partial charge in [0.25, 0.3) is 0 Å². The molecule has 0 bridgehead atoms. The van der Waals surface area contributed by atoms with Crippen molar-refractivity contribution in [2.45, 2.75) is 78.4 Å². The third-order valence-electron chi connectivity index (χ3n) is 5.20. The van der Waals surface area contributed by atoms with Crippen molar-refractivity contribution in [1.82, 2.24) is 0 Å². The number of hydrogen-bond donors (Lipinski definition) is 4. The number of phenolic OH excluding ortho intramolecular Hbond substituents is 2. The predicted molar refractivity (Wildman–Crippen MR) is 117 cm³/mol. The number of hydrogen-bond acceptors (Lipinski definition) is 5. The van der Waals surface area contributed by atoms with Crippen molar-refractivity contribution in [3.05, 3.63) is 45.0 Å². The molecule has 0 fully saturated rings. The number of aliphatic hydroxyl groups is 2. The maximum absolute atomic E-state index is 11.2. The van der Waals surface area contributed by atoms with Crippen LogP contribution < -0.4 is 0 Å². The van der Waals surface area contributed by atoms with Gasteiger partial charge in [-0.2, -0.15) is 0 Å². The van der Waals surface area contributed by atoms with Crippen molar-refractivity contribution in [1.29, 1.82) is 0 Å². The highest BCUT2D eigenvalue weighted by molar-refractivity contribution is 6.33. The van der Waals surface area contributed by atoms with E-state index in [2.05, 4.69) is 6.08 Å². The quantitative estimate of drug-likeness (QED) is 0.313. The lowest BCUT2D eigenvalue weighted by atomic mass is 9.95. The first kappa shape index (κ1) is 25.2. The minimum absolute atomic E-state index is 0.0813. The second-order valence-corrected chi connectivity index (χ2v) is 8.58. The van der Waals surface area contributed by atoms with E-state index in [9.17, 15) is 25.2 Å². The molecule has 0 aromatic heterocycles. The molecule has 1 atom stereocenters. The Morgan fingerprint density at radius 1 is 1.10 bits per heavy atom. The summed E-state index contributed by atoms with van der Waals surface area (Å²) in [5.41, 5.74) is 1.83. The van der Waals surface area contributed by atoms with Crippen molar-refractivity contribution < 1.29 is 25.2 Å². The Labute approximate surface area is 178 Å². The fraction of sp³-hybridized carbons (Fsp3) is 0.522. The van der Waals surface area contributed by atoms with E-state index in [4.69, 9.17) is 11.6 Å². The van der Waals surface area contributed by atoms with E-state index in [1.165, 1.54) is 0 Å². The lowest BCUT2D eigenvalue weighted by molar-refractivity contribution is -0.0509. The van der Waals surface area contributed by atoms with Gasteiger partial charge in [0.05, 0.1) is 22.3 Å². The molecule has 1 unspecified atom stereocenters. The van der Waals surface area contributed by atoms with Gasteiger partial charge in [0.2, 0.25) is 0 Å². The predicted octanol–water partition coefficient (Wildman–Crippen LogP) is 5.00. The molecule has 0 heterocycles. The van der Waals surface area contributed by atoms with E-state index in [-0.39, 0.29) is 34.1 Å². The van der Waals surface area contributed by atoms with Gasteiger partial charge in [0, 0.05) is 5.56 Å². The summed E-state index contributed by atoms with van der Waals surface area (Å²) in [6, 6.07) is 0. The van der Waals surface area contributed by atoms with E-state index < -0.39 is 11.7 Å². The molecule has 5 nitrogen and oxygen atoms in total. The third-order valence-corrected chi connectivity index (χ3v) is 5.66. The first-order chi connectivity index (χ1) is 13.4. The molecule has 1 rings (SSSR count). The topological polar surface area (TPSA) is 98.0 Å². The summed E-state index contributed by atoms with van der Waals surface area (Å²) in [4.78, 5) is 11.2. The first-order valence-corrected chi connectivity index (χ1v) is 10.2. The lowest BCUT2D eigenvalue weighted by Gasteiger charge is -2.24. The molecule has 6 heteroatoms. The van der Waals surface area contributed by atoms with E-state index in [1.807, 2.05) is 19.9 Å². The van der Waals surface area contributed by atoms with Crippen LogP contribution in [-0.2, 0) is 6.42 Å². The highest BCUT2D eigenvalue weighted by Crippen LogP contribution is 2.40. The number of carbonyl (C=O) groups is 1. The number of aromatic hydroxyl groups is 2. The van der Waals surface area contributed by atoms with Crippen LogP contribution in [0.15, 0.2) is 23.3 Å². The molecule has 1 aromatic carbocycles. The standard InChI is InChI=1S/C23H33ClO5/c1-14(7-6-8-15(2)10-12-19(26)23(4,5)29)9-11-17-21(27)18(13-25)16(3)20(24)22(17)28/h8-9,13,19,26-29H,6-7,10-12H2,1-5H3/b14-9+,15-8+. The van der Waals surface area contributed by atoms with Gasteiger partial charge in [-0.25, -0.2) is 0 Å².